The molecule has 1 aliphatic rings. The summed E-state index contributed by atoms with van der Waals surface area (Å²) < 4.78 is 6.22. The van der Waals surface area contributed by atoms with Gasteiger partial charge in [0.25, 0.3) is 0 Å². The fraction of sp³-hybridized carbons (Fsp3) is 0.400. The van der Waals surface area contributed by atoms with Gasteiger partial charge in [-0.3, -0.25) is 0 Å². The van der Waals surface area contributed by atoms with Crippen molar-refractivity contribution >= 4 is 38.9 Å². The standard InChI is InChI=1S/C10H9IN6OS/c11-7-6(5-12)10(17-1-3-18-4-2-17)19-8(7)9-13-15-16-14-9/h1-4H2,(H,13,14,15,16). The van der Waals surface area contributed by atoms with Gasteiger partial charge in [0, 0.05) is 13.1 Å². The lowest BCUT2D eigenvalue weighted by Gasteiger charge is -2.27. The number of anilines is 1. The third-order valence-corrected chi connectivity index (χ3v) is 5.48. The summed E-state index contributed by atoms with van der Waals surface area (Å²) in [4.78, 5) is 3.06. The molecule has 0 radical (unpaired) electrons. The van der Waals surface area contributed by atoms with Crippen molar-refractivity contribution in [2.75, 3.05) is 31.2 Å². The third-order valence-electron chi connectivity index (χ3n) is 2.79. The minimum absolute atomic E-state index is 0.533. The van der Waals surface area contributed by atoms with Crippen LogP contribution in [-0.2, 0) is 4.74 Å². The Balaban J connectivity index is 2.05. The quantitative estimate of drug-likeness (QED) is 0.779. The molecule has 0 bridgehead atoms. The summed E-state index contributed by atoms with van der Waals surface area (Å²) in [5, 5.41) is 24.3. The lowest BCUT2D eigenvalue weighted by atomic mass is 10.3. The maximum Gasteiger partial charge on any atom is 0.215 e. The Labute approximate surface area is 126 Å². The van der Waals surface area contributed by atoms with Crippen molar-refractivity contribution in [2.24, 2.45) is 0 Å². The molecule has 9 heteroatoms. The molecule has 2 aromatic heterocycles. The molecule has 0 unspecified atom stereocenters. The van der Waals surface area contributed by atoms with Crippen molar-refractivity contribution in [1.82, 2.24) is 20.6 Å². The zero-order valence-electron chi connectivity index (χ0n) is 9.76. The van der Waals surface area contributed by atoms with Gasteiger partial charge in [-0.1, -0.05) is 0 Å². The molecular weight excluding hydrogens is 379 g/mol. The Hall–Kier alpha value is -1.25. The molecule has 3 heterocycles. The second-order valence-electron chi connectivity index (χ2n) is 3.87. The largest absolute Gasteiger partial charge is 0.378 e. The number of hydrogen-bond acceptors (Lipinski definition) is 7. The second kappa shape index (κ2) is 5.40. The summed E-state index contributed by atoms with van der Waals surface area (Å²) in [6.07, 6.45) is 0. The first-order valence-electron chi connectivity index (χ1n) is 5.60. The highest BCUT2D eigenvalue weighted by atomic mass is 127. The van der Waals surface area contributed by atoms with Crippen LogP contribution in [0.4, 0.5) is 5.00 Å². The van der Waals surface area contributed by atoms with E-state index in [1.165, 1.54) is 11.3 Å². The van der Waals surface area contributed by atoms with E-state index in [1.807, 2.05) is 0 Å². The number of ether oxygens (including phenoxy) is 1. The number of nitrogens with one attached hydrogen (secondary N) is 1. The van der Waals surface area contributed by atoms with Crippen molar-refractivity contribution in [2.45, 2.75) is 0 Å². The average molecular weight is 388 g/mol. The fourth-order valence-electron chi connectivity index (χ4n) is 1.89. The first-order valence-corrected chi connectivity index (χ1v) is 7.49. The summed E-state index contributed by atoms with van der Waals surface area (Å²) in [6, 6.07) is 2.28. The van der Waals surface area contributed by atoms with Crippen LogP contribution in [0, 0.1) is 14.9 Å². The van der Waals surface area contributed by atoms with Crippen molar-refractivity contribution in [1.29, 1.82) is 5.26 Å². The molecular formula is C10H9IN6OS. The van der Waals surface area contributed by atoms with Crippen LogP contribution in [0.3, 0.4) is 0 Å². The van der Waals surface area contributed by atoms with E-state index in [4.69, 9.17) is 4.74 Å². The lowest BCUT2D eigenvalue weighted by Crippen LogP contribution is -2.36. The SMILES string of the molecule is N#Cc1c(N2CCOCC2)sc(-c2nn[nH]n2)c1I. The van der Waals surface area contributed by atoms with Crippen LogP contribution in [0.5, 0.6) is 0 Å². The van der Waals surface area contributed by atoms with E-state index in [0.29, 0.717) is 24.6 Å². The van der Waals surface area contributed by atoms with Gasteiger partial charge in [-0.05, 0) is 27.8 Å². The van der Waals surface area contributed by atoms with Crippen molar-refractivity contribution in [3.63, 3.8) is 0 Å². The predicted octanol–water partition coefficient (Wildman–Crippen LogP) is 1.24. The highest BCUT2D eigenvalue weighted by molar-refractivity contribution is 14.1. The van der Waals surface area contributed by atoms with Crippen LogP contribution in [0.2, 0.25) is 0 Å². The Bertz CT molecular complexity index is 613. The van der Waals surface area contributed by atoms with E-state index in [1.54, 1.807) is 0 Å². The molecule has 0 aliphatic carbocycles. The van der Waals surface area contributed by atoms with E-state index in [9.17, 15) is 5.26 Å². The number of aromatic nitrogens is 4. The number of hydrogen-bond donors (Lipinski definition) is 1. The van der Waals surface area contributed by atoms with Crippen LogP contribution >= 0.6 is 33.9 Å². The van der Waals surface area contributed by atoms with Crippen LogP contribution in [-0.4, -0.2) is 46.9 Å². The predicted molar refractivity (Wildman–Crippen MR) is 78.0 cm³/mol. The van der Waals surface area contributed by atoms with Crippen LogP contribution in [0.15, 0.2) is 0 Å². The molecule has 1 saturated heterocycles. The molecule has 1 fully saturated rings. The van der Waals surface area contributed by atoms with E-state index in [2.05, 4.69) is 54.2 Å². The average Bonchev–Trinajstić information content (AvgIpc) is 3.07. The Kier molecular flexibility index (Phi) is 3.63. The smallest absolute Gasteiger partial charge is 0.215 e. The summed E-state index contributed by atoms with van der Waals surface area (Å²) in [5.74, 6) is 0.533. The summed E-state index contributed by atoms with van der Waals surface area (Å²) in [6.45, 7) is 2.99. The number of morpholine rings is 1. The van der Waals surface area contributed by atoms with Crippen molar-refractivity contribution < 1.29 is 4.74 Å². The Morgan fingerprint density at radius 1 is 1.42 bits per heavy atom. The van der Waals surface area contributed by atoms with Gasteiger partial charge >= 0.3 is 0 Å². The van der Waals surface area contributed by atoms with Crippen molar-refractivity contribution in [3.05, 3.63) is 9.13 Å². The number of nitrogens with zero attached hydrogens (tertiary/aromatic N) is 5. The van der Waals surface area contributed by atoms with Gasteiger partial charge in [0.15, 0.2) is 0 Å². The highest BCUT2D eigenvalue weighted by Gasteiger charge is 2.24. The zero-order valence-corrected chi connectivity index (χ0v) is 12.7. The van der Waals surface area contributed by atoms with E-state index in [-0.39, 0.29) is 0 Å². The maximum absolute atomic E-state index is 9.37. The van der Waals surface area contributed by atoms with E-state index < -0.39 is 0 Å². The van der Waals surface area contributed by atoms with Gasteiger partial charge in [-0.2, -0.15) is 10.5 Å². The van der Waals surface area contributed by atoms with E-state index >= 15 is 0 Å². The van der Waals surface area contributed by atoms with Crippen LogP contribution < -0.4 is 4.90 Å². The number of aromatic amines is 1. The molecule has 0 atom stereocenters. The highest BCUT2D eigenvalue weighted by Crippen LogP contribution is 2.41. The normalized spacial score (nSPS) is 15.5. The lowest BCUT2D eigenvalue weighted by molar-refractivity contribution is 0.123. The van der Waals surface area contributed by atoms with Gasteiger partial charge in [0.2, 0.25) is 5.82 Å². The zero-order chi connectivity index (χ0) is 13.2. The van der Waals surface area contributed by atoms with Gasteiger partial charge in [-0.25, -0.2) is 0 Å². The number of nitriles is 1. The number of H-pyrrole nitrogens is 1. The molecule has 0 spiro atoms. The second-order valence-corrected chi connectivity index (χ2v) is 5.95. The van der Waals surface area contributed by atoms with Gasteiger partial charge in [0.1, 0.15) is 16.6 Å². The number of halogens is 1. The molecule has 0 amide bonds. The molecule has 19 heavy (non-hydrogen) atoms. The summed E-state index contributed by atoms with van der Waals surface area (Å²) >= 11 is 3.70. The molecule has 7 nitrogen and oxygen atoms in total. The van der Waals surface area contributed by atoms with E-state index in [0.717, 1.165) is 26.5 Å². The Morgan fingerprint density at radius 2 is 2.21 bits per heavy atom. The first-order chi connectivity index (χ1) is 9.31. The molecule has 0 saturated carbocycles. The summed E-state index contributed by atoms with van der Waals surface area (Å²) in [7, 11) is 0. The molecule has 1 aliphatic heterocycles. The minimum atomic E-state index is 0.533. The van der Waals surface area contributed by atoms with Crippen molar-refractivity contribution in [3.8, 4) is 16.8 Å². The van der Waals surface area contributed by atoms with Gasteiger partial charge in [0.05, 0.1) is 21.7 Å². The van der Waals surface area contributed by atoms with Gasteiger partial charge < -0.3 is 9.64 Å². The van der Waals surface area contributed by atoms with Crippen LogP contribution in [0.1, 0.15) is 5.56 Å². The first kappa shape index (κ1) is 12.8. The number of rotatable bonds is 2. The third kappa shape index (κ3) is 2.31. The van der Waals surface area contributed by atoms with Crippen LogP contribution in [0.25, 0.3) is 10.7 Å². The molecule has 3 rings (SSSR count). The minimum Gasteiger partial charge on any atom is -0.378 e. The molecule has 98 valence electrons. The summed E-state index contributed by atoms with van der Waals surface area (Å²) in [5.41, 5.74) is 0.687. The van der Waals surface area contributed by atoms with Gasteiger partial charge in [-0.15, -0.1) is 21.5 Å². The molecule has 0 aromatic carbocycles. The number of tetrazole rings is 1. The number of thiophene rings is 1. The monoisotopic (exact) mass is 388 g/mol. The fourth-order valence-corrected chi connectivity index (χ4v) is 4.14. The Morgan fingerprint density at radius 3 is 2.84 bits per heavy atom. The molecule has 1 N–H and O–H groups in total. The maximum atomic E-state index is 9.37. The molecule has 2 aromatic rings. The topological polar surface area (TPSA) is 90.7 Å².